The van der Waals surface area contributed by atoms with Crippen LogP contribution in [0.4, 0.5) is 0 Å². The van der Waals surface area contributed by atoms with Gasteiger partial charge in [0.05, 0.1) is 7.11 Å². The van der Waals surface area contributed by atoms with Crippen LogP contribution in [0.15, 0.2) is 36.4 Å². The molecule has 2 atom stereocenters. The molecule has 2 aliphatic heterocycles. The topological polar surface area (TPSA) is 33.7 Å². The summed E-state index contributed by atoms with van der Waals surface area (Å²) >= 11 is 0. The number of ether oxygens (including phenoxy) is 2. The fraction of sp³-hybridized carbons (Fsp3) is 0.455. The van der Waals surface area contributed by atoms with Gasteiger partial charge in [0.2, 0.25) is 0 Å². The van der Waals surface area contributed by atoms with Crippen LogP contribution in [0, 0.1) is 0 Å². The van der Waals surface area contributed by atoms with Gasteiger partial charge in [0.25, 0.3) is 0 Å². The maximum absolute atomic E-state index is 6.09. The van der Waals surface area contributed by atoms with Crippen molar-refractivity contribution in [1.29, 1.82) is 0 Å². The fourth-order valence-electron chi connectivity index (χ4n) is 4.35. The minimum absolute atomic E-state index is 0.549. The third-order valence-electron chi connectivity index (χ3n) is 5.42. The van der Waals surface area contributed by atoms with Crippen LogP contribution in [-0.4, -0.2) is 43.7 Å². The number of benzene rings is 2. The minimum atomic E-state index is 0.549. The fourth-order valence-corrected chi connectivity index (χ4v) is 4.35. The molecule has 2 aromatic rings. The molecule has 2 aromatic carbocycles. The first-order valence-corrected chi connectivity index (χ1v) is 9.55. The molecule has 0 amide bonds. The lowest BCUT2D eigenvalue weighted by atomic mass is 9.91. The molecule has 0 aliphatic carbocycles. The molecule has 138 valence electrons. The molecular weight excluding hydrogens is 324 g/mol. The molecule has 26 heavy (non-hydrogen) atoms. The second-order valence-electron chi connectivity index (χ2n) is 7.56. The number of nitrogens with one attached hydrogen (secondary N) is 1. The predicted molar refractivity (Wildman–Crippen MR) is 105 cm³/mol. The molecule has 4 heteroatoms. The van der Waals surface area contributed by atoms with Crippen LogP contribution >= 0.6 is 0 Å². The second kappa shape index (κ2) is 7.29. The molecule has 0 radical (unpaired) electrons. The highest BCUT2D eigenvalue weighted by atomic mass is 16.5. The van der Waals surface area contributed by atoms with Gasteiger partial charge in [-0.25, -0.2) is 0 Å². The van der Waals surface area contributed by atoms with Crippen molar-refractivity contribution in [2.24, 2.45) is 0 Å². The van der Waals surface area contributed by atoms with Gasteiger partial charge in [-0.05, 0) is 43.0 Å². The Hall–Kier alpha value is -2.04. The van der Waals surface area contributed by atoms with Crippen molar-refractivity contribution in [3.05, 3.63) is 47.5 Å². The van der Waals surface area contributed by atoms with E-state index in [4.69, 9.17) is 9.47 Å². The second-order valence-corrected chi connectivity index (χ2v) is 7.56. The van der Waals surface area contributed by atoms with Crippen molar-refractivity contribution in [2.75, 3.05) is 26.7 Å². The lowest BCUT2D eigenvalue weighted by Gasteiger charge is -2.36. The molecule has 1 fully saturated rings. The van der Waals surface area contributed by atoms with Gasteiger partial charge in [0.1, 0.15) is 6.61 Å². The Morgan fingerprint density at radius 1 is 1.12 bits per heavy atom. The summed E-state index contributed by atoms with van der Waals surface area (Å²) in [6.07, 6.45) is 1.02. The first-order chi connectivity index (χ1) is 12.7. The lowest BCUT2D eigenvalue weighted by Crippen LogP contribution is -2.54. The summed E-state index contributed by atoms with van der Waals surface area (Å²) in [6, 6.07) is 13.9. The van der Waals surface area contributed by atoms with Gasteiger partial charge < -0.3 is 14.8 Å². The third-order valence-corrected chi connectivity index (χ3v) is 5.42. The molecular formula is C22H28N2O2. The molecule has 1 saturated heterocycles. The summed E-state index contributed by atoms with van der Waals surface area (Å²) in [4.78, 5) is 2.57. The Morgan fingerprint density at radius 2 is 1.88 bits per heavy atom. The lowest BCUT2D eigenvalue weighted by molar-refractivity contribution is 0.175. The molecule has 4 rings (SSSR count). The number of nitrogens with zero attached hydrogens (tertiary/aromatic N) is 1. The van der Waals surface area contributed by atoms with Gasteiger partial charge in [-0.2, -0.15) is 0 Å². The monoisotopic (exact) mass is 352 g/mol. The van der Waals surface area contributed by atoms with Crippen molar-refractivity contribution < 1.29 is 9.47 Å². The van der Waals surface area contributed by atoms with Crippen LogP contribution in [0.5, 0.6) is 11.5 Å². The number of methoxy groups -OCH3 is 1. The van der Waals surface area contributed by atoms with E-state index in [1.165, 1.54) is 22.3 Å². The van der Waals surface area contributed by atoms with Crippen LogP contribution in [0.25, 0.3) is 11.1 Å². The number of rotatable bonds is 4. The zero-order valence-electron chi connectivity index (χ0n) is 15.9. The van der Waals surface area contributed by atoms with Crippen LogP contribution in [0.2, 0.25) is 0 Å². The van der Waals surface area contributed by atoms with E-state index in [-0.39, 0.29) is 0 Å². The van der Waals surface area contributed by atoms with E-state index in [2.05, 4.69) is 54.4 Å². The smallest absolute Gasteiger partial charge is 0.169 e. The Kier molecular flexibility index (Phi) is 4.88. The predicted octanol–water partition coefficient (Wildman–Crippen LogP) is 3.48. The van der Waals surface area contributed by atoms with Crippen LogP contribution in [0.1, 0.15) is 25.0 Å². The number of piperazine rings is 1. The van der Waals surface area contributed by atoms with Crippen LogP contribution in [-0.2, 0) is 13.0 Å². The standard InChI is InChI=1S/C22H28N2O2/c1-15-12-24(13-16(2)23-15)11-10-17-8-9-20(25-3)22-21(17)19-7-5-4-6-18(19)14-26-22/h4-9,15-16,23H,10-14H2,1-3H3. The highest BCUT2D eigenvalue weighted by molar-refractivity contribution is 5.80. The van der Waals surface area contributed by atoms with Crippen LogP contribution < -0.4 is 14.8 Å². The maximum Gasteiger partial charge on any atom is 0.169 e. The third kappa shape index (κ3) is 3.31. The molecule has 0 aromatic heterocycles. The first-order valence-electron chi connectivity index (χ1n) is 9.55. The molecule has 0 spiro atoms. The largest absolute Gasteiger partial charge is 0.493 e. The van der Waals surface area contributed by atoms with E-state index < -0.39 is 0 Å². The quantitative estimate of drug-likeness (QED) is 0.913. The molecule has 2 heterocycles. The molecule has 2 unspecified atom stereocenters. The van der Waals surface area contributed by atoms with E-state index in [1.54, 1.807) is 7.11 Å². The molecule has 1 N–H and O–H groups in total. The van der Waals surface area contributed by atoms with E-state index in [9.17, 15) is 0 Å². The molecule has 0 saturated carbocycles. The van der Waals surface area contributed by atoms with Crippen LogP contribution in [0.3, 0.4) is 0 Å². The SMILES string of the molecule is COc1ccc(CCN2CC(C)NC(C)C2)c2c1OCc1ccccc1-2. The van der Waals surface area contributed by atoms with Crippen molar-refractivity contribution in [1.82, 2.24) is 10.2 Å². The molecule has 4 nitrogen and oxygen atoms in total. The highest BCUT2D eigenvalue weighted by Gasteiger charge is 2.25. The minimum Gasteiger partial charge on any atom is -0.493 e. The maximum atomic E-state index is 6.09. The summed E-state index contributed by atoms with van der Waals surface area (Å²) in [5, 5.41) is 3.61. The van der Waals surface area contributed by atoms with Crippen molar-refractivity contribution >= 4 is 0 Å². The molecule has 0 bridgehead atoms. The summed E-state index contributed by atoms with van der Waals surface area (Å²) in [7, 11) is 1.71. The van der Waals surface area contributed by atoms with Gasteiger partial charge >= 0.3 is 0 Å². The van der Waals surface area contributed by atoms with E-state index in [0.717, 1.165) is 37.6 Å². The van der Waals surface area contributed by atoms with E-state index in [0.29, 0.717) is 18.7 Å². The zero-order chi connectivity index (χ0) is 18.1. The Morgan fingerprint density at radius 3 is 2.65 bits per heavy atom. The van der Waals surface area contributed by atoms with Gasteiger partial charge in [-0.15, -0.1) is 0 Å². The van der Waals surface area contributed by atoms with Crippen molar-refractivity contribution in [3.63, 3.8) is 0 Å². The summed E-state index contributed by atoms with van der Waals surface area (Å²) < 4.78 is 11.7. The Balaban J connectivity index is 1.63. The normalized spacial score (nSPS) is 22.3. The van der Waals surface area contributed by atoms with Crippen molar-refractivity contribution in [3.8, 4) is 22.6 Å². The van der Waals surface area contributed by atoms with E-state index >= 15 is 0 Å². The Bertz CT molecular complexity index is 780. The average molecular weight is 352 g/mol. The average Bonchev–Trinajstić information content (AvgIpc) is 2.65. The number of hydrogen-bond acceptors (Lipinski definition) is 4. The Labute approximate surface area is 156 Å². The summed E-state index contributed by atoms with van der Waals surface area (Å²) in [5.74, 6) is 1.72. The van der Waals surface area contributed by atoms with Gasteiger partial charge in [-0.3, -0.25) is 4.90 Å². The van der Waals surface area contributed by atoms with Gasteiger partial charge in [0, 0.05) is 37.3 Å². The summed E-state index contributed by atoms with van der Waals surface area (Å²) in [5.41, 5.74) is 5.08. The van der Waals surface area contributed by atoms with Crippen molar-refractivity contribution in [2.45, 2.75) is 39.0 Å². The molecule has 2 aliphatic rings. The highest BCUT2D eigenvalue weighted by Crippen LogP contribution is 2.45. The van der Waals surface area contributed by atoms with Gasteiger partial charge in [0.15, 0.2) is 11.5 Å². The number of hydrogen-bond donors (Lipinski definition) is 1. The number of fused-ring (bicyclic) bond motifs is 3. The van der Waals surface area contributed by atoms with E-state index in [1.807, 2.05) is 6.07 Å². The first kappa shape index (κ1) is 17.4. The summed E-state index contributed by atoms with van der Waals surface area (Å²) in [6.45, 7) is 8.42. The van der Waals surface area contributed by atoms with Gasteiger partial charge in [-0.1, -0.05) is 30.3 Å². The zero-order valence-corrected chi connectivity index (χ0v) is 15.9.